The first kappa shape index (κ1) is 34.5. The number of nitrogens with one attached hydrogen (secondary N) is 1. The van der Waals surface area contributed by atoms with Gasteiger partial charge in [0.2, 0.25) is 5.91 Å². The highest BCUT2D eigenvalue weighted by molar-refractivity contribution is 5.79. The topological polar surface area (TPSA) is 51.7 Å². The third-order valence-electron chi connectivity index (χ3n) is 7.82. The molecule has 6 heteroatoms. The highest BCUT2D eigenvalue weighted by Gasteiger charge is 2.26. The summed E-state index contributed by atoms with van der Waals surface area (Å²) in [6.07, 6.45) is 8.33. The maximum atomic E-state index is 13.3. The molecule has 0 aliphatic carbocycles. The van der Waals surface area contributed by atoms with E-state index in [1.807, 2.05) is 18.1 Å². The van der Waals surface area contributed by atoms with Crippen molar-refractivity contribution < 1.29 is 4.79 Å². The van der Waals surface area contributed by atoms with E-state index in [1.54, 1.807) is 0 Å². The summed E-state index contributed by atoms with van der Waals surface area (Å²) in [4.78, 5) is 24.7. The van der Waals surface area contributed by atoms with Crippen LogP contribution in [0.2, 0.25) is 0 Å². The molecule has 1 aromatic rings. The zero-order valence-electron chi connectivity index (χ0n) is 26.6. The fraction of sp³-hybridized carbons (Fsp3) is 0.812. The van der Waals surface area contributed by atoms with E-state index in [0.29, 0.717) is 18.5 Å². The Labute approximate surface area is 235 Å². The van der Waals surface area contributed by atoms with Gasteiger partial charge in [-0.3, -0.25) is 9.78 Å². The van der Waals surface area contributed by atoms with Crippen molar-refractivity contribution in [1.29, 1.82) is 0 Å². The summed E-state index contributed by atoms with van der Waals surface area (Å²) in [6.45, 7) is 20.8. The number of carbonyl (C=O) groups is 1. The lowest BCUT2D eigenvalue weighted by Gasteiger charge is -2.26. The lowest BCUT2D eigenvalue weighted by Crippen LogP contribution is -2.37. The second-order valence-electron chi connectivity index (χ2n) is 12.7. The lowest BCUT2D eigenvalue weighted by molar-refractivity contribution is -0.135. The number of pyridine rings is 1. The van der Waals surface area contributed by atoms with Gasteiger partial charge in [0.25, 0.3) is 0 Å². The van der Waals surface area contributed by atoms with Crippen molar-refractivity contribution in [3.63, 3.8) is 0 Å². The van der Waals surface area contributed by atoms with Gasteiger partial charge < -0.3 is 20.0 Å². The van der Waals surface area contributed by atoms with Crippen LogP contribution in [-0.2, 0) is 17.6 Å². The minimum absolute atomic E-state index is 0.0290. The van der Waals surface area contributed by atoms with Crippen LogP contribution in [0.4, 0.5) is 0 Å². The number of hydrogen-bond acceptors (Lipinski definition) is 5. The molecule has 1 N–H and O–H groups in total. The molecule has 1 rings (SSSR count). The maximum absolute atomic E-state index is 13.3. The Bertz CT molecular complexity index is 749. The molecule has 0 fully saturated rings. The van der Waals surface area contributed by atoms with Crippen LogP contribution in [-0.4, -0.2) is 91.5 Å². The molecule has 1 amide bonds. The normalized spacial score (nSPS) is 13.8. The van der Waals surface area contributed by atoms with E-state index in [9.17, 15) is 4.79 Å². The number of likely N-dealkylation sites (N-methyl/N-ethyl adjacent to an activating group) is 1. The Kier molecular flexibility index (Phi) is 17.0. The minimum Gasteiger partial charge on any atom is -0.346 e. The fourth-order valence-electron chi connectivity index (χ4n) is 4.59. The summed E-state index contributed by atoms with van der Waals surface area (Å²) in [5, 5.41) is 3.65. The summed E-state index contributed by atoms with van der Waals surface area (Å²) in [7, 11) is 6.35. The predicted molar refractivity (Wildman–Crippen MR) is 164 cm³/mol. The third kappa shape index (κ3) is 14.6. The number of unbranched alkanes of at least 4 members (excludes halogenated alkanes) is 2. The van der Waals surface area contributed by atoms with Crippen molar-refractivity contribution in [2.45, 2.75) is 99.1 Å². The highest BCUT2D eigenvalue weighted by Crippen LogP contribution is 2.20. The van der Waals surface area contributed by atoms with Crippen LogP contribution >= 0.6 is 0 Å². The van der Waals surface area contributed by atoms with E-state index in [4.69, 9.17) is 4.98 Å². The van der Waals surface area contributed by atoms with E-state index in [-0.39, 0.29) is 17.7 Å². The summed E-state index contributed by atoms with van der Waals surface area (Å²) in [5.41, 5.74) is 2.26. The van der Waals surface area contributed by atoms with E-state index in [1.165, 1.54) is 18.4 Å². The second-order valence-corrected chi connectivity index (χ2v) is 12.7. The van der Waals surface area contributed by atoms with Gasteiger partial charge >= 0.3 is 0 Å². The molecule has 0 spiro atoms. The van der Waals surface area contributed by atoms with E-state index < -0.39 is 0 Å². The van der Waals surface area contributed by atoms with Crippen LogP contribution in [0.1, 0.15) is 85.4 Å². The zero-order chi connectivity index (χ0) is 28.7. The molecule has 220 valence electrons. The Hall–Kier alpha value is -1.50. The van der Waals surface area contributed by atoms with Gasteiger partial charge in [-0.2, -0.15) is 0 Å². The molecule has 0 aliphatic heterocycles. The molecule has 0 bridgehead atoms. The van der Waals surface area contributed by atoms with E-state index in [2.05, 4.69) is 89.8 Å². The number of carbonyl (C=O) groups excluding carboxylic acids is 1. The smallest absolute Gasteiger partial charge is 0.226 e. The molecule has 0 saturated heterocycles. The van der Waals surface area contributed by atoms with Gasteiger partial charge in [-0.05, 0) is 97.1 Å². The summed E-state index contributed by atoms with van der Waals surface area (Å²) in [5.74, 6) is 1.26. The van der Waals surface area contributed by atoms with Crippen LogP contribution in [0.5, 0.6) is 0 Å². The van der Waals surface area contributed by atoms with Crippen LogP contribution < -0.4 is 5.32 Å². The minimum atomic E-state index is -0.0290. The maximum Gasteiger partial charge on any atom is 0.226 e. The number of hydrogen-bond donors (Lipinski definition) is 1. The van der Waals surface area contributed by atoms with Crippen molar-refractivity contribution in [2.24, 2.45) is 17.8 Å². The van der Waals surface area contributed by atoms with Crippen molar-refractivity contribution in [2.75, 3.05) is 53.9 Å². The lowest BCUT2D eigenvalue weighted by atomic mass is 9.89. The second kappa shape index (κ2) is 18.7. The highest BCUT2D eigenvalue weighted by atomic mass is 16.2. The number of nitrogens with zero attached hydrogens (tertiary/aromatic N) is 4. The summed E-state index contributed by atoms with van der Waals surface area (Å²) >= 11 is 0. The van der Waals surface area contributed by atoms with Crippen molar-refractivity contribution in [3.05, 3.63) is 29.6 Å². The first-order valence-electron chi connectivity index (χ1n) is 15.2. The number of amides is 1. The first-order chi connectivity index (χ1) is 17.9. The Balaban J connectivity index is 2.47. The molecule has 0 saturated carbocycles. The third-order valence-corrected chi connectivity index (χ3v) is 7.82. The van der Waals surface area contributed by atoms with Crippen molar-refractivity contribution in [1.82, 2.24) is 25.0 Å². The summed E-state index contributed by atoms with van der Waals surface area (Å²) in [6, 6.07) is 5.31. The molecule has 2 unspecified atom stereocenters. The monoisotopic (exact) mass is 531 g/mol. The first-order valence-corrected chi connectivity index (χ1v) is 15.2. The molecule has 1 aromatic heterocycles. The van der Waals surface area contributed by atoms with Gasteiger partial charge in [-0.1, -0.05) is 40.2 Å². The number of rotatable bonds is 20. The van der Waals surface area contributed by atoms with Gasteiger partial charge in [0, 0.05) is 63.0 Å². The Morgan fingerprint density at radius 2 is 1.55 bits per heavy atom. The van der Waals surface area contributed by atoms with Crippen LogP contribution in [0, 0.1) is 17.8 Å². The predicted octanol–water partition coefficient (Wildman–Crippen LogP) is 5.36. The molecule has 6 nitrogen and oxygen atoms in total. The van der Waals surface area contributed by atoms with Gasteiger partial charge in [-0.25, -0.2) is 0 Å². The van der Waals surface area contributed by atoms with Gasteiger partial charge in [0.05, 0.1) is 0 Å². The molecular weight excluding hydrogens is 470 g/mol. The van der Waals surface area contributed by atoms with Crippen molar-refractivity contribution in [3.8, 4) is 0 Å². The molecule has 2 atom stereocenters. The van der Waals surface area contributed by atoms with Crippen LogP contribution in [0.3, 0.4) is 0 Å². The molecule has 0 aliphatic rings. The SMILES string of the molecule is CC(C)CCN(C)CCNC(C)Cc1ccc(CC(C(=O)N(C)CCCCCN(C)C(C)C)C(C)C)nc1. The fourth-order valence-corrected chi connectivity index (χ4v) is 4.59. The van der Waals surface area contributed by atoms with Crippen molar-refractivity contribution >= 4 is 5.91 Å². The summed E-state index contributed by atoms with van der Waals surface area (Å²) < 4.78 is 0. The molecule has 38 heavy (non-hydrogen) atoms. The molecule has 0 aromatic carbocycles. The zero-order valence-corrected chi connectivity index (χ0v) is 26.6. The average Bonchev–Trinajstić information content (AvgIpc) is 2.85. The largest absolute Gasteiger partial charge is 0.346 e. The van der Waals surface area contributed by atoms with Crippen LogP contribution in [0.15, 0.2) is 18.3 Å². The molecule has 0 radical (unpaired) electrons. The average molecular weight is 532 g/mol. The quantitative estimate of drug-likeness (QED) is 0.230. The van der Waals surface area contributed by atoms with Gasteiger partial charge in [0.1, 0.15) is 0 Å². The van der Waals surface area contributed by atoms with Gasteiger partial charge in [-0.15, -0.1) is 0 Å². The number of aromatic nitrogens is 1. The Morgan fingerprint density at radius 1 is 0.868 bits per heavy atom. The van der Waals surface area contributed by atoms with E-state index >= 15 is 0 Å². The molecule has 1 heterocycles. The van der Waals surface area contributed by atoms with Crippen LogP contribution in [0.25, 0.3) is 0 Å². The standard InChI is InChI=1S/C32H61N5O/c1-25(2)16-20-35(8)21-17-33-28(7)22-29-14-15-30(34-24-29)23-31(26(3)4)32(38)37(10)19-13-11-12-18-36(9)27(5)6/h14-15,24-28,31,33H,11-13,16-23H2,1-10H3. The van der Waals surface area contributed by atoms with Gasteiger partial charge in [0.15, 0.2) is 0 Å². The Morgan fingerprint density at radius 3 is 2.13 bits per heavy atom. The van der Waals surface area contributed by atoms with E-state index in [0.717, 1.165) is 63.6 Å². The molecular formula is C32H61N5O.